The number of hydrogen-bond acceptors (Lipinski definition) is 7. The Balaban J connectivity index is 1.37. The van der Waals surface area contributed by atoms with Crippen LogP contribution in [0.1, 0.15) is 24.2 Å². The van der Waals surface area contributed by atoms with Gasteiger partial charge in [-0.15, -0.1) is 0 Å². The molecule has 0 radical (unpaired) electrons. The molecule has 0 spiro atoms. The number of pyridine rings is 1. The predicted octanol–water partition coefficient (Wildman–Crippen LogP) is 5.39. The maximum atomic E-state index is 13.0. The number of anilines is 2. The first-order chi connectivity index (χ1) is 18.3. The molecule has 3 heterocycles. The van der Waals surface area contributed by atoms with Crippen LogP contribution in [0.2, 0.25) is 10.0 Å². The molecule has 0 saturated carbocycles. The van der Waals surface area contributed by atoms with Crippen molar-refractivity contribution in [1.82, 2.24) is 20.5 Å². The molecular formula is C27H28Cl2N6O3. The van der Waals surface area contributed by atoms with E-state index in [4.69, 9.17) is 32.7 Å². The summed E-state index contributed by atoms with van der Waals surface area (Å²) in [6.07, 6.45) is 0. The lowest BCUT2D eigenvalue weighted by Gasteiger charge is -2.37. The second kappa shape index (κ2) is 10.7. The largest absolute Gasteiger partial charge is 0.495 e. The smallest absolute Gasteiger partial charge is 0.256 e. The van der Waals surface area contributed by atoms with Crippen LogP contribution in [0.15, 0.2) is 42.5 Å². The van der Waals surface area contributed by atoms with Crippen molar-refractivity contribution in [1.29, 1.82) is 0 Å². The molecule has 1 fully saturated rings. The van der Waals surface area contributed by atoms with Crippen molar-refractivity contribution in [3.05, 3.63) is 58.1 Å². The Morgan fingerprint density at radius 2 is 1.63 bits per heavy atom. The zero-order valence-corrected chi connectivity index (χ0v) is 22.9. The van der Waals surface area contributed by atoms with E-state index in [1.54, 1.807) is 18.2 Å². The quantitative estimate of drug-likeness (QED) is 0.293. The summed E-state index contributed by atoms with van der Waals surface area (Å²) < 4.78 is 10.7. The van der Waals surface area contributed by atoms with Gasteiger partial charge < -0.3 is 25.0 Å². The van der Waals surface area contributed by atoms with Gasteiger partial charge in [0.15, 0.2) is 11.5 Å². The van der Waals surface area contributed by atoms with E-state index in [0.29, 0.717) is 67.3 Å². The number of fused-ring (bicyclic) bond motifs is 1. The molecule has 0 aliphatic carbocycles. The number of halogens is 2. The lowest BCUT2D eigenvalue weighted by molar-refractivity contribution is 0.102. The zero-order chi connectivity index (χ0) is 27.0. The van der Waals surface area contributed by atoms with Crippen molar-refractivity contribution in [2.45, 2.75) is 25.9 Å². The number of piperazine rings is 1. The van der Waals surface area contributed by atoms with E-state index in [1.807, 2.05) is 24.3 Å². The average molecular weight is 555 g/mol. The molecule has 2 aromatic carbocycles. The molecule has 5 rings (SSSR count). The molecule has 11 heteroatoms. The summed E-state index contributed by atoms with van der Waals surface area (Å²) in [5.74, 6) is 0.932. The molecule has 1 aliphatic heterocycles. The van der Waals surface area contributed by atoms with Crippen molar-refractivity contribution >= 4 is 51.6 Å². The Morgan fingerprint density at radius 3 is 2.24 bits per heavy atom. The first kappa shape index (κ1) is 26.1. The highest BCUT2D eigenvalue weighted by Gasteiger charge is 2.23. The lowest BCUT2D eigenvalue weighted by Crippen LogP contribution is -2.54. The van der Waals surface area contributed by atoms with Crippen LogP contribution in [-0.2, 0) is 0 Å². The molecule has 0 bridgehead atoms. The van der Waals surface area contributed by atoms with E-state index >= 15 is 0 Å². The number of aromatic amines is 1. The monoisotopic (exact) mass is 554 g/mol. The summed E-state index contributed by atoms with van der Waals surface area (Å²) in [5.41, 5.74) is 3.06. The highest BCUT2D eigenvalue weighted by Crippen LogP contribution is 2.45. The van der Waals surface area contributed by atoms with Crippen molar-refractivity contribution in [2.24, 2.45) is 0 Å². The maximum absolute atomic E-state index is 13.0. The Morgan fingerprint density at radius 1 is 1.00 bits per heavy atom. The van der Waals surface area contributed by atoms with Gasteiger partial charge in [0.25, 0.3) is 5.91 Å². The summed E-state index contributed by atoms with van der Waals surface area (Å²) >= 11 is 13.1. The molecule has 0 unspecified atom stereocenters. The van der Waals surface area contributed by atoms with Gasteiger partial charge in [0, 0.05) is 48.1 Å². The molecule has 9 nitrogen and oxygen atoms in total. The summed E-state index contributed by atoms with van der Waals surface area (Å²) in [6.45, 7) is 6.19. The molecule has 1 aliphatic rings. The number of ether oxygens (including phenoxy) is 2. The molecular weight excluding hydrogens is 527 g/mol. The van der Waals surface area contributed by atoms with Gasteiger partial charge in [0.2, 0.25) is 0 Å². The minimum absolute atomic E-state index is 0.264. The van der Waals surface area contributed by atoms with Crippen LogP contribution in [0.5, 0.6) is 11.5 Å². The van der Waals surface area contributed by atoms with Gasteiger partial charge in [0.1, 0.15) is 11.5 Å². The van der Waals surface area contributed by atoms with Crippen LogP contribution in [0.3, 0.4) is 0 Å². The number of aromatic nitrogens is 3. The predicted molar refractivity (Wildman–Crippen MR) is 151 cm³/mol. The van der Waals surface area contributed by atoms with Gasteiger partial charge >= 0.3 is 0 Å². The molecule has 1 amide bonds. The highest BCUT2D eigenvalue weighted by molar-refractivity contribution is 6.41. The topological polar surface area (TPSA) is 104 Å². The van der Waals surface area contributed by atoms with Gasteiger partial charge in [-0.1, -0.05) is 23.2 Å². The Labute approximate surface area is 230 Å². The third kappa shape index (κ3) is 4.97. The Kier molecular flexibility index (Phi) is 7.34. The fourth-order valence-electron chi connectivity index (χ4n) is 4.79. The number of hydrogen-bond donors (Lipinski definition) is 3. The molecule has 3 N–H and O–H groups in total. The first-order valence-corrected chi connectivity index (χ1v) is 12.9. The lowest BCUT2D eigenvalue weighted by atomic mass is 10.1. The normalized spacial score (nSPS) is 17.5. The first-order valence-electron chi connectivity index (χ1n) is 12.2. The number of nitrogens with zero attached hydrogens (tertiary/aromatic N) is 3. The highest BCUT2D eigenvalue weighted by atomic mass is 35.5. The summed E-state index contributed by atoms with van der Waals surface area (Å²) in [4.78, 5) is 20.0. The number of methoxy groups -OCH3 is 2. The standard InChI is InChI=1S/C27H28Cl2N6O3/c1-14-12-35(13-15(2)30-14)17-7-5-16(6-8-17)27(36)32-26-18-9-10-19(31-25(18)33-34-26)22-23(28)20(37-3)11-21(38-4)24(22)29/h5-11,14-15,30H,12-13H2,1-4H3,(H2,31,32,33,34,36)/t14-,15+. The Hall–Kier alpha value is -3.53. The van der Waals surface area contributed by atoms with Crippen LogP contribution in [0.4, 0.5) is 11.5 Å². The van der Waals surface area contributed by atoms with Crippen LogP contribution in [0.25, 0.3) is 22.3 Å². The summed E-state index contributed by atoms with van der Waals surface area (Å²) in [6, 6.07) is 13.6. The SMILES string of the molecule is COc1cc(OC)c(Cl)c(-c2ccc3c(NC(=O)c4ccc(N5C[C@@H](C)N[C@@H](C)C5)cc4)n[nH]c3n2)c1Cl. The van der Waals surface area contributed by atoms with E-state index in [2.05, 4.69) is 44.6 Å². The van der Waals surface area contributed by atoms with Gasteiger partial charge in [-0.2, -0.15) is 5.10 Å². The number of H-pyrrole nitrogens is 1. The minimum atomic E-state index is -0.264. The summed E-state index contributed by atoms with van der Waals surface area (Å²) in [7, 11) is 3.02. The minimum Gasteiger partial charge on any atom is -0.495 e. The summed E-state index contributed by atoms with van der Waals surface area (Å²) in [5, 5.41) is 14.8. The number of carbonyl (C=O) groups is 1. The zero-order valence-electron chi connectivity index (χ0n) is 21.4. The molecule has 38 heavy (non-hydrogen) atoms. The Bertz CT molecular complexity index is 1450. The van der Waals surface area contributed by atoms with Crippen LogP contribution >= 0.6 is 23.2 Å². The van der Waals surface area contributed by atoms with Crippen LogP contribution < -0.4 is 25.0 Å². The second-order valence-electron chi connectivity index (χ2n) is 9.32. The molecule has 1 saturated heterocycles. The van der Waals surface area contributed by atoms with E-state index in [0.717, 1.165) is 18.8 Å². The van der Waals surface area contributed by atoms with Gasteiger partial charge in [-0.05, 0) is 50.2 Å². The van der Waals surface area contributed by atoms with Crippen LogP contribution in [0, 0.1) is 0 Å². The van der Waals surface area contributed by atoms with E-state index < -0.39 is 0 Å². The number of rotatable bonds is 6. The number of benzene rings is 2. The van der Waals surface area contributed by atoms with Crippen LogP contribution in [-0.4, -0.2) is 60.5 Å². The maximum Gasteiger partial charge on any atom is 0.256 e. The number of amides is 1. The second-order valence-corrected chi connectivity index (χ2v) is 10.1. The fraction of sp³-hybridized carbons (Fsp3) is 0.296. The number of nitrogens with one attached hydrogen (secondary N) is 3. The van der Waals surface area contributed by atoms with Crippen molar-refractivity contribution in [3.63, 3.8) is 0 Å². The third-order valence-electron chi connectivity index (χ3n) is 6.54. The van der Waals surface area contributed by atoms with Crippen molar-refractivity contribution < 1.29 is 14.3 Å². The number of carbonyl (C=O) groups excluding carboxylic acids is 1. The third-order valence-corrected chi connectivity index (χ3v) is 7.29. The fourth-order valence-corrected chi connectivity index (χ4v) is 5.48. The molecule has 2 aromatic heterocycles. The van der Waals surface area contributed by atoms with E-state index in [1.165, 1.54) is 14.2 Å². The van der Waals surface area contributed by atoms with E-state index in [-0.39, 0.29) is 5.91 Å². The van der Waals surface area contributed by atoms with Crippen molar-refractivity contribution in [2.75, 3.05) is 37.5 Å². The van der Waals surface area contributed by atoms with Crippen molar-refractivity contribution in [3.8, 4) is 22.8 Å². The van der Waals surface area contributed by atoms with Gasteiger partial charge in [0.05, 0.1) is 35.3 Å². The van der Waals surface area contributed by atoms with Gasteiger partial charge in [-0.3, -0.25) is 9.89 Å². The molecule has 2 atom stereocenters. The average Bonchev–Trinajstić information content (AvgIpc) is 3.30. The van der Waals surface area contributed by atoms with Gasteiger partial charge in [-0.25, -0.2) is 4.98 Å². The van der Waals surface area contributed by atoms with E-state index in [9.17, 15) is 4.79 Å². The molecule has 198 valence electrons. The molecule has 4 aromatic rings.